The minimum atomic E-state index is -0.257. The summed E-state index contributed by atoms with van der Waals surface area (Å²) in [5.74, 6) is 0.328. The summed E-state index contributed by atoms with van der Waals surface area (Å²) in [6, 6.07) is 5.04. The molecule has 0 spiro atoms. The number of methoxy groups -OCH3 is 1. The summed E-state index contributed by atoms with van der Waals surface area (Å²) in [7, 11) is 1.35. The van der Waals surface area contributed by atoms with Gasteiger partial charge in [0.05, 0.1) is 20.3 Å². The fraction of sp³-hybridized carbons (Fsp3) is 0.417. The van der Waals surface area contributed by atoms with Gasteiger partial charge in [-0.1, -0.05) is 11.6 Å². The van der Waals surface area contributed by atoms with Gasteiger partial charge in [-0.05, 0) is 24.6 Å². The molecule has 1 rings (SSSR count). The molecule has 0 atom stereocenters. The maximum atomic E-state index is 10.9. The van der Waals surface area contributed by atoms with E-state index >= 15 is 0 Å². The summed E-state index contributed by atoms with van der Waals surface area (Å²) < 4.78 is 9.96. The molecule has 17 heavy (non-hydrogen) atoms. The molecular weight excluding hydrogens is 244 g/mol. The lowest BCUT2D eigenvalue weighted by Gasteiger charge is -2.10. The lowest BCUT2D eigenvalue weighted by molar-refractivity contribution is -0.140. The van der Waals surface area contributed by atoms with E-state index in [9.17, 15) is 4.79 Å². The first-order valence-electron chi connectivity index (χ1n) is 5.26. The van der Waals surface area contributed by atoms with Crippen LogP contribution >= 0.6 is 11.6 Å². The summed E-state index contributed by atoms with van der Waals surface area (Å²) in [5, 5.41) is 9.66. The molecule has 0 saturated heterocycles. The molecule has 0 saturated carbocycles. The topological polar surface area (TPSA) is 55.8 Å². The molecule has 0 fully saturated rings. The van der Waals surface area contributed by atoms with Crippen molar-refractivity contribution in [1.29, 1.82) is 0 Å². The highest BCUT2D eigenvalue weighted by atomic mass is 35.5. The molecule has 0 bridgehead atoms. The van der Waals surface area contributed by atoms with E-state index in [2.05, 4.69) is 4.74 Å². The lowest BCUT2D eigenvalue weighted by Crippen LogP contribution is -2.05. The smallest absolute Gasteiger partial charge is 0.305 e. The molecule has 0 heterocycles. The second-order valence-corrected chi connectivity index (χ2v) is 3.87. The van der Waals surface area contributed by atoms with Crippen LogP contribution in [0.15, 0.2) is 18.2 Å². The number of hydrogen-bond acceptors (Lipinski definition) is 4. The summed E-state index contributed by atoms with van der Waals surface area (Å²) in [6.45, 7) is 0.261. The second kappa shape index (κ2) is 7.14. The Morgan fingerprint density at radius 3 is 2.88 bits per heavy atom. The molecular formula is C12H15ClO4. The van der Waals surface area contributed by atoms with Gasteiger partial charge in [-0.25, -0.2) is 0 Å². The third kappa shape index (κ3) is 4.63. The maximum absolute atomic E-state index is 10.9. The van der Waals surface area contributed by atoms with E-state index in [1.54, 1.807) is 18.2 Å². The molecule has 0 unspecified atom stereocenters. The first kappa shape index (κ1) is 13.8. The predicted molar refractivity (Wildman–Crippen MR) is 64.1 cm³/mol. The molecule has 0 aromatic heterocycles. The number of hydrogen-bond donors (Lipinski definition) is 1. The molecule has 5 heteroatoms. The predicted octanol–water partition coefficient (Wildman–Crippen LogP) is 2.16. The van der Waals surface area contributed by atoms with Crippen LogP contribution in [0.4, 0.5) is 0 Å². The molecule has 1 N–H and O–H groups in total. The van der Waals surface area contributed by atoms with Crippen molar-refractivity contribution in [3.63, 3.8) is 0 Å². The number of esters is 1. The van der Waals surface area contributed by atoms with Gasteiger partial charge in [-0.2, -0.15) is 0 Å². The summed E-state index contributed by atoms with van der Waals surface area (Å²) in [5.41, 5.74) is 0.635. The van der Waals surface area contributed by atoms with Crippen molar-refractivity contribution in [2.75, 3.05) is 13.7 Å². The summed E-state index contributed by atoms with van der Waals surface area (Å²) in [4.78, 5) is 10.9. The fourth-order valence-corrected chi connectivity index (χ4v) is 1.51. The van der Waals surface area contributed by atoms with E-state index in [0.29, 0.717) is 35.8 Å². The fourth-order valence-electron chi connectivity index (χ4n) is 1.31. The van der Waals surface area contributed by atoms with Gasteiger partial charge in [0.15, 0.2) is 0 Å². The first-order valence-corrected chi connectivity index (χ1v) is 5.64. The molecule has 0 aliphatic rings. The van der Waals surface area contributed by atoms with Crippen LogP contribution in [0.2, 0.25) is 5.02 Å². The zero-order valence-electron chi connectivity index (χ0n) is 9.61. The molecule has 1 aromatic rings. The lowest BCUT2D eigenvalue weighted by atomic mass is 10.2. The maximum Gasteiger partial charge on any atom is 0.305 e. The summed E-state index contributed by atoms with van der Waals surface area (Å²) >= 11 is 5.79. The van der Waals surface area contributed by atoms with Crippen LogP contribution in [0.1, 0.15) is 18.4 Å². The number of carbonyl (C=O) groups excluding carboxylic acids is 1. The third-order valence-corrected chi connectivity index (χ3v) is 2.44. The van der Waals surface area contributed by atoms with Gasteiger partial charge in [0, 0.05) is 17.0 Å². The van der Waals surface area contributed by atoms with Gasteiger partial charge in [0.2, 0.25) is 0 Å². The molecule has 94 valence electrons. The Hall–Kier alpha value is -1.26. The minimum absolute atomic E-state index is 0.132. The van der Waals surface area contributed by atoms with Gasteiger partial charge < -0.3 is 14.6 Å². The molecule has 1 aromatic carbocycles. The number of benzene rings is 1. The molecule has 0 aliphatic heterocycles. The van der Waals surface area contributed by atoms with E-state index in [0.717, 1.165) is 0 Å². The average molecular weight is 259 g/mol. The quantitative estimate of drug-likeness (QED) is 0.628. The number of carbonyl (C=O) groups is 1. The van der Waals surface area contributed by atoms with Crippen molar-refractivity contribution < 1.29 is 19.4 Å². The normalized spacial score (nSPS) is 10.1. The van der Waals surface area contributed by atoms with Gasteiger partial charge in [0.25, 0.3) is 0 Å². The van der Waals surface area contributed by atoms with E-state index < -0.39 is 0 Å². The Labute approximate surface area is 105 Å². The zero-order chi connectivity index (χ0) is 12.7. The second-order valence-electron chi connectivity index (χ2n) is 3.44. The molecule has 0 radical (unpaired) electrons. The van der Waals surface area contributed by atoms with E-state index in [1.165, 1.54) is 7.11 Å². The zero-order valence-corrected chi connectivity index (χ0v) is 10.4. The van der Waals surface area contributed by atoms with Crippen LogP contribution in [0.5, 0.6) is 5.75 Å². The van der Waals surface area contributed by atoms with Crippen molar-refractivity contribution in [1.82, 2.24) is 0 Å². The van der Waals surface area contributed by atoms with Crippen molar-refractivity contribution in [3.8, 4) is 5.75 Å². The number of ether oxygens (including phenoxy) is 2. The van der Waals surface area contributed by atoms with Crippen LogP contribution < -0.4 is 4.74 Å². The molecule has 4 nitrogen and oxygen atoms in total. The summed E-state index contributed by atoms with van der Waals surface area (Å²) in [6.07, 6.45) is 0.888. The van der Waals surface area contributed by atoms with Crippen LogP contribution in [0.25, 0.3) is 0 Å². The minimum Gasteiger partial charge on any atom is -0.493 e. The van der Waals surface area contributed by atoms with E-state index in [1.807, 2.05) is 0 Å². The monoisotopic (exact) mass is 258 g/mol. The molecule has 0 amide bonds. The Kier molecular flexibility index (Phi) is 5.80. The van der Waals surface area contributed by atoms with Crippen molar-refractivity contribution in [2.24, 2.45) is 0 Å². The van der Waals surface area contributed by atoms with Crippen LogP contribution in [0, 0.1) is 0 Å². The van der Waals surface area contributed by atoms with Crippen LogP contribution in [-0.2, 0) is 16.1 Å². The first-order chi connectivity index (χ1) is 8.17. The van der Waals surface area contributed by atoms with Crippen LogP contribution in [0.3, 0.4) is 0 Å². The highest BCUT2D eigenvalue weighted by Crippen LogP contribution is 2.23. The number of aliphatic hydroxyl groups excluding tert-OH is 1. The average Bonchev–Trinajstić information content (AvgIpc) is 2.35. The van der Waals surface area contributed by atoms with Crippen LogP contribution in [-0.4, -0.2) is 24.8 Å². The van der Waals surface area contributed by atoms with Gasteiger partial charge in [-0.15, -0.1) is 0 Å². The van der Waals surface area contributed by atoms with Gasteiger partial charge in [0.1, 0.15) is 5.75 Å². The van der Waals surface area contributed by atoms with Crippen molar-refractivity contribution in [2.45, 2.75) is 19.4 Å². The van der Waals surface area contributed by atoms with Crippen molar-refractivity contribution >= 4 is 17.6 Å². The highest BCUT2D eigenvalue weighted by molar-refractivity contribution is 6.30. The Morgan fingerprint density at radius 2 is 2.24 bits per heavy atom. The number of aliphatic hydroxyl groups is 1. The van der Waals surface area contributed by atoms with Gasteiger partial charge in [-0.3, -0.25) is 4.79 Å². The highest BCUT2D eigenvalue weighted by Gasteiger charge is 2.05. The Balaban J connectivity index is 2.43. The Bertz CT molecular complexity index is 379. The number of halogens is 1. The standard InChI is InChI=1S/C12H15ClO4/c1-16-12(15)3-2-6-17-11-5-4-10(13)7-9(11)8-14/h4-5,7,14H,2-3,6,8H2,1H3. The SMILES string of the molecule is COC(=O)CCCOc1ccc(Cl)cc1CO. The van der Waals surface area contributed by atoms with E-state index in [4.69, 9.17) is 21.4 Å². The van der Waals surface area contributed by atoms with Gasteiger partial charge >= 0.3 is 5.97 Å². The largest absolute Gasteiger partial charge is 0.493 e. The third-order valence-electron chi connectivity index (χ3n) is 2.20. The number of rotatable bonds is 6. The van der Waals surface area contributed by atoms with Crippen molar-refractivity contribution in [3.05, 3.63) is 28.8 Å². The molecule has 0 aliphatic carbocycles. The van der Waals surface area contributed by atoms with E-state index in [-0.39, 0.29) is 12.6 Å². The Morgan fingerprint density at radius 1 is 1.47 bits per heavy atom.